The molecular formula is C17H22N4O2. The largest absolute Gasteiger partial charge is 0.492 e. The summed E-state index contributed by atoms with van der Waals surface area (Å²) in [6.07, 6.45) is 2.87. The van der Waals surface area contributed by atoms with Crippen LogP contribution >= 0.6 is 0 Å². The van der Waals surface area contributed by atoms with Crippen LogP contribution in [0.15, 0.2) is 36.7 Å². The zero-order chi connectivity index (χ0) is 16.9. The molecule has 3 N–H and O–H groups in total. The van der Waals surface area contributed by atoms with Gasteiger partial charge in [0.15, 0.2) is 0 Å². The van der Waals surface area contributed by atoms with E-state index < -0.39 is 5.91 Å². The second-order valence-electron chi connectivity index (χ2n) is 6.20. The minimum atomic E-state index is -0.601. The molecule has 0 unspecified atom stereocenters. The average Bonchev–Trinajstić information content (AvgIpc) is 2.51. The highest BCUT2D eigenvalue weighted by atomic mass is 16.5. The first-order valence-corrected chi connectivity index (χ1v) is 7.45. The average molecular weight is 314 g/mol. The summed E-state index contributed by atoms with van der Waals surface area (Å²) in [6.45, 7) is 7.53. The van der Waals surface area contributed by atoms with Crippen LogP contribution in [0.5, 0.6) is 5.75 Å². The van der Waals surface area contributed by atoms with Crippen LogP contribution in [-0.2, 0) is 5.41 Å². The number of rotatable bonds is 6. The van der Waals surface area contributed by atoms with Crippen molar-refractivity contribution in [2.24, 2.45) is 5.73 Å². The lowest BCUT2D eigenvalue weighted by Crippen LogP contribution is -2.17. The van der Waals surface area contributed by atoms with Gasteiger partial charge in [-0.1, -0.05) is 32.9 Å². The predicted molar refractivity (Wildman–Crippen MR) is 89.7 cm³/mol. The van der Waals surface area contributed by atoms with Crippen LogP contribution in [-0.4, -0.2) is 29.0 Å². The van der Waals surface area contributed by atoms with Gasteiger partial charge in [0.05, 0.1) is 18.9 Å². The number of carbonyl (C=O) groups excluding carboxylic acids is 1. The fourth-order valence-electron chi connectivity index (χ4n) is 1.97. The van der Waals surface area contributed by atoms with Gasteiger partial charge >= 0.3 is 0 Å². The quantitative estimate of drug-likeness (QED) is 0.799. The van der Waals surface area contributed by atoms with Gasteiger partial charge in [0, 0.05) is 0 Å². The number of hydrogen-bond donors (Lipinski definition) is 2. The third-order valence-corrected chi connectivity index (χ3v) is 3.28. The van der Waals surface area contributed by atoms with Crippen molar-refractivity contribution in [1.82, 2.24) is 9.97 Å². The van der Waals surface area contributed by atoms with Crippen molar-refractivity contribution in [3.63, 3.8) is 0 Å². The fraction of sp³-hybridized carbons (Fsp3) is 0.353. The Kier molecular flexibility index (Phi) is 5.16. The molecule has 0 radical (unpaired) electrons. The zero-order valence-corrected chi connectivity index (χ0v) is 13.7. The van der Waals surface area contributed by atoms with Gasteiger partial charge in [-0.05, 0) is 23.1 Å². The van der Waals surface area contributed by atoms with Crippen LogP contribution in [0.4, 0.5) is 5.82 Å². The number of hydrogen-bond acceptors (Lipinski definition) is 5. The Balaban J connectivity index is 1.81. The summed E-state index contributed by atoms with van der Waals surface area (Å²) in [4.78, 5) is 19.0. The summed E-state index contributed by atoms with van der Waals surface area (Å²) in [5.41, 5.74) is 6.69. The first-order chi connectivity index (χ1) is 10.9. The first kappa shape index (κ1) is 16.7. The molecule has 0 atom stereocenters. The van der Waals surface area contributed by atoms with E-state index >= 15 is 0 Å². The maximum Gasteiger partial charge on any atom is 0.268 e. The number of benzene rings is 1. The molecule has 1 aromatic heterocycles. The van der Waals surface area contributed by atoms with E-state index in [9.17, 15) is 4.79 Å². The summed E-state index contributed by atoms with van der Waals surface area (Å²) in [5, 5.41) is 3.04. The monoisotopic (exact) mass is 314 g/mol. The SMILES string of the molecule is CC(C)(C)c1ccc(OCCNc2cncc(C(N)=O)n2)cc1. The van der Waals surface area contributed by atoms with Crippen molar-refractivity contribution >= 4 is 11.7 Å². The molecule has 0 aliphatic heterocycles. The highest BCUT2D eigenvalue weighted by Crippen LogP contribution is 2.24. The van der Waals surface area contributed by atoms with Crippen molar-refractivity contribution in [2.45, 2.75) is 26.2 Å². The second kappa shape index (κ2) is 7.09. The standard InChI is InChI=1S/C17H22N4O2/c1-17(2,3)12-4-6-13(7-5-12)23-9-8-20-15-11-19-10-14(21-15)16(18)22/h4-7,10-11H,8-9H2,1-3H3,(H2,18,22)(H,20,21). The smallest absolute Gasteiger partial charge is 0.268 e. The summed E-state index contributed by atoms with van der Waals surface area (Å²) >= 11 is 0. The number of anilines is 1. The Labute approximate surface area is 136 Å². The van der Waals surface area contributed by atoms with Crippen LogP contribution in [0, 0.1) is 0 Å². The van der Waals surface area contributed by atoms with Crippen LogP contribution in [0.1, 0.15) is 36.8 Å². The van der Waals surface area contributed by atoms with E-state index in [0.29, 0.717) is 19.0 Å². The highest BCUT2D eigenvalue weighted by molar-refractivity contribution is 5.90. The number of primary amides is 1. The number of nitrogens with one attached hydrogen (secondary N) is 1. The Morgan fingerprint density at radius 3 is 2.52 bits per heavy atom. The Morgan fingerprint density at radius 2 is 1.91 bits per heavy atom. The number of nitrogens with zero attached hydrogens (tertiary/aromatic N) is 2. The van der Waals surface area contributed by atoms with E-state index in [2.05, 4.69) is 48.2 Å². The van der Waals surface area contributed by atoms with Crippen LogP contribution < -0.4 is 15.8 Å². The normalized spacial score (nSPS) is 11.1. The van der Waals surface area contributed by atoms with Gasteiger partial charge in [-0.3, -0.25) is 9.78 Å². The van der Waals surface area contributed by atoms with Crippen LogP contribution in [0.2, 0.25) is 0 Å². The van der Waals surface area contributed by atoms with Gasteiger partial charge < -0.3 is 15.8 Å². The van der Waals surface area contributed by atoms with E-state index in [1.807, 2.05) is 12.1 Å². The molecule has 2 aromatic rings. The van der Waals surface area contributed by atoms with Crippen molar-refractivity contribution < 1.29 is 9.53 Å². The molecule has 122 valence electrons. The molecule has 1 heterocycles. The summed E-state index contributed by atoms with van der Waals surface area (Å²) in [7, 11) is 0. The molecule has 0 aliphatic rings. The maximum absolute atomic E-state index is 11.0. The zero-order valence-electron chi connectivity index (χ0n) is 13.7. The molecule has 1 aromatic carbocycles. The molecule has 1 amide bonds. The fourth-order valence-corrected chi connectivity index (χ4v) is 1.97. The van der Waals surface area contributed by atoms with Crippen molar-refractivity contribution in [1.29, 1.82) is 0 Å². The molecule has 0 saturated heterocycles. The van der Waals surface area contributed by atoms with Gasteiger partial charge in [0.2, 0.25) is 0 Å². The molecule has 23 heavy (non-hydrogen) atoms. The topological polar surface area (TPSA) is 90.1 Å². The molecule has 0 spiro atoms. The lowest BCUT2D eigenvalue weighted by molar-refractivity contribution is 0.0995. The van der Waals surface area contributed by atoms with Crippen molar-refractivity contribution in [3.8, 4) is 5.75 Å². The summed E-state index contributed by atoms with van der Waals surface area (Å²) < 4.78 is 5.67. The minimum Gasteiger partial charge on any atom is -0.492 e. The maximum atomic E-state index is 11.0. The molecule has 0 saturated carbocycles. The minimum absolute atomic E-state index is 0.129. The molecule has 0 bridgehead atoms. The molecule has 0 fully saturated rings. The predicted octanol–water partition coefficient (Wildman–Crippen LogP) is 2.36. The van der Waals surface area contributed by atoms with Gasteiger partial charge in [-0.25, -0.2) is 4.98 Å². The summed E-state index contributed by atoms with van der Waals surface area (Å²) in [6, 6.07) is 8.08. The third-order valence-electron chi connectivity index (χ3n) is 3.28. The Hall–Kier alpha value is -2.63. The molecule has 6 nitrogen and oxygen atoms in total. The third kappa shape index (κ3) is 4.95. The molecule has 0 aliphatic carbocycles. The molecule has 6 heteroatoms. The summed E-state index contributed by atoms with van der Waals surface area (Å²) in [5.74, 6) is 0.709. The van der Waals surface area contributed by atoms with E-state index in [1.165, 1.54) is 18.0 Å². The van der Waals surface area contributed by atoms with E-state index in [0.717, 1.165) is 5.75 Å². The lowest BCUT2D eigenvalue weighted by Gasteiger charge is -2.19. The van der Waals surface area contributed by atoms with Crippen LogP contribution in [0.25, 0.3) is 0 Å². The number of ether oxygens (including phenoxy) is 1. The van der Waals surface area contributed by atoms with Gasteiger partial charge in [0.1, 0.15) is 23.9 Å². The van der Waals surface area contributed by atoms with E-state index in [4.69, 9.17) is 10.5 Å². The van der Waals surface area contributed by atoms with Gasteiger partial charge in [0.25, 0.3) is 5.91 Å². The van der Waals surface area contributed by atoms with E-state index in [-0.39, 0.29) is 11.1 Å². The number of amides is 1. The number of nitrogens with two attached hydrogens (primary N) is 1. The second-order valence-corrected chi connectivity index (χ2v) is 6.20. The number of carbonyl (C=O) groups is 1. The molecular weight excluding hydrogens is 292 g/mol. The van der Waals surface area contributed by atoms with E-state index in [1.54, 1.807) is 0 Å². The molecule has 2 rings (SSSR count). The van der Waals surface area contributed by atoms with Gasteiger partial charge in [-0.2, -0.15) is 0 Å². The van der Waals surface area contributed by atoms with Crippen molar-refractivity contribution in [2.75, 3.05) is 18.5 Å². The van der Waals surface area contributed by atoms with Crippen molar-refractivity contribution in [3.05, 3.63) is 47.9 Å². The first-order valence-electron chi connectivity index (χ1n) is 7.45. The highest BCUT2D eigenvalue weighted by Gasteiger charge is 2.12. The van der Waals surface area contributed by atoms with Crippen LogP contribution in [0.3, 0.4) is 0 Å². The van der Waals surface area contributed by atoms with Gasteiger partial charge in [-0.15, -0.1) is 0 Å². The Bertz CT molecular complexity index is 663. The Morgan fingerprint density at radius 1 is 1.22 bits per heavy atom. The lowest BCUT2D eigenvalue weighted by atomic mass is 9.87. The number of aromatic nitrogens is 2.